The Labute approximate surface area is 191 Å². The summed E-state index contributed by atoms with van der Waals surface area (Å²) in [5, 5.41) is 12.7. The molecule has 9 heteroatoms. The normalized spacial score (nSPS) is 11.0. The first-order valence-electron chi connectivity index (χ1n) is 9.49. The standard InChI is InChI=1S/C22H16IN7O/c1-14-11-19(27-22(31)16-9-5-6-10-18(16)23)30(28-14)21-17-12-26-29(20(17)24-13-25-21)15-7-3-2-4-8-15/h2-13H,1H3,(H,27,31). The van der Waals surface area contributed by atoms with Crippen molar-refractivity contribution in [3.63, 3.8) is 0 Å². The van der Waals surface area contributed by atoms with E-state index < -0.39 is 0 Å². The van der Waals surface area contributed by atoms with Crippen LogP contribution in [-0.4, -0.2) is 35.4 Å². The van der Waals surface area contributed by atoms with Crippen LogP contribution in [-0.2, 0) is 0 Å². The largest absolute Gasteiger partial charge is 0.306 e. The van der Waals surface area contributed by atoms with Gasteiger partial charge in [0, 0.05) is 9.64 Å². The third-order valence-corrected chi connectivity index (χ3v) is 5.68. The number of halogens is 1. The summed E-state index contributed by atoms with van der Waals surface area (Å²) in [6, 6.07) is 19.0. The second-order valence-corrected chi connectivity index (χ2v) is 8.01. The minimum atomic E-state index is -0.212. The molecule has 0 fully saturated rings. The van der Waals surface area contributed by atoms with E-state index in [0.717, 1.165) is 20.3 Å². The van der Waals surface area contributed by atoms with Gasteiger partial charge in [-0.3, -0.25) is 4.79 Å². The van der Waals surface area contributed by atoms with Gasteiger partial charge in [0.15, 0.2) is 11.5 Å². The number of hydrogen-bond acceptors (Lipinski definition) is 5. The van der Waals surface area contributed by atoms with Gasteiger partial charge in [0.2, 0.25) is 0 Å². The number of hydrogen-bond donors (Lipinski definition) is 1. The van der Waals surface area contributed by atoms with Crippen molar-refractivity contribution >= 4 is 45.3 Å². The maximum atomic E-state index is 12.9. The van der Waals surface area contributed by atoms with Gasteiger partial charge in [-0.15, -0.1) is 0 Å². The average molecular weight is 521 g/mol. The van der Waals surface area contributed by atoms with E-state index in [-0.39, 0.29) is 5.91 Å². The molecule has 152 valence electrons. The molecule has 31 heavy (non-hydrogen) atoms. The number of para-hydroxylation sites is 1. The fourth-order valence-electron chi connectivity index (χ4n) is 3.34. The number of nitrogens with zero attached hydrogens (tertiary/aromatic N) is 6. The van der Waals surface area contributed by atoms with Crippen molar-refractivity contribution in [2.75, 3.05) is 5.32 Å². The lowest BCUT2D eigenvalue weighted by Gasteiger charge is -2.10. The highest BCUT2D eigenvalue weighted by molar-refractivity contribution is 14.1. The molecule has 5 aromatic rings. The molecule has 8 nitrogen and oxygen atoms in total. The van der Waals surface area contributed by atoms with E-state index in [4.69, 9.17) is 0 Å². The van der Waals surface area contributed by atoms with Crippen LogP contribution in [0.2, 0.25) is 0 Å². The molecule has 0 atom stereocenters. The summed E-state index contributed by atoms with van der Waals surface area (Å²) in [4.78, 5) is 21.7. The Morgan fingerprint density at radius 1 is 1.00 bits per heavy atom. The van der Waals surface area contributed by atoms with E-state index in [1.165, 1.54) is 6.33 Å². The average Bonchev–Trinajstić information content (AvgIpc) is 3.38. The predicted octanol–water partition coefficient (Wildman–Crippen LogP) is 4.17. The number of fused-ring (bicyclic) bond motifs is 1. The van der Waals surface area contributed by atoms with Crippen molar-refractivity contribution in [1.29, 1.82) is 0 Å². The van der Waals surface area contributed by atoms with E-state index in [1.54, 1.807) is 21.6 Å². The third-order valence-electron chi connectivity index (χ3n) is 4.74. The molecule has 0 saturated carbocycles. The Balaban J connectivity index is 1.58. The van der Waals surface area contributed by atoms with Crippen molar-refractivity contribution in [3.05, 3.63) is 88.0 Å². The number of carbonyl (C=O) groups is 1. The Bertz CT molecular complexity index is 1410. The molecule has 3 aromatic heterocycles. The van der Waals surface area contributed by atoms with E-state index >= 15 is 0 Å². The molecule has 0 radical (unpaired) electrons. The molecule has 1 amide bonds. The van der Waals surface area contributed by atoms with E-state index in [0.29, 0.717) is 22.8 Å². The maximum absolute atomic E-state index is 12.9. The SMILES string of the molecule is Cc1cc(NC(=O)c2ccccc2I)n(-c2ncnc3c2cnn3-c2ccccc2)n1. The van der Waals surface area contributed by atoms with Crippen molar-refractivity contribution in [3.8, 4) is 11.5 Å². The minimum absolute atomic E-state index is 0.212. The van der Waals surface area contributed by atoms with Crippen molar-refractivity contribution in [2.45, 2.75) is 6.92 Å². The molecule has 3 heterocycles. The number of benzene rings is 2. The monoisotopic (exact) mass is 521 g/mol. The number of carbonyl (C=O) groups excluding carboxylic acids is 1. The number of anilines is 1. The number of rotatable bonds is 4. The van der Waals surface area contributed by atoms with Crippen molar-refractivity contribution in [2.24, 2.45) is 0 Å². The van der Waals surface area contributed by atoms with Gasteiger partial charge >= 0.3 is 0 Å². The Morgan fingerprint density at radius 3 is 2.58 bits per heavy atom. The molecule has 0 bridgehead atoms. The van der Waals surface area contributed by atoms with Gasteiger partial charge in [-0.25, -0.2) is 14.6 Å². The number of aromatic nitrogens is 6. The molecular weight excluding hydrogens is 505 g/mol. The summed E-state index contributed by atoms with van der Waals surface area (Å²) < 4.78 is 4.24. The Kier molecular flexibility index (Phi) is 4.94. The quantitative estimate of drug-likeness (QED) is 0.359. The van der Waals surface area contributed by atoms with E-state index in [2.05, 4.69) is 48.1 Å². The summed E-state index contributed by atoms with van der Waals surface area (Å²) in [5.41, 5.74) is 2.89. The van der Waals surface area contributed by atoms with Gasteiger partial charge < -0.3 is 5.32 Å². The van der Waals surface area contributed by atoms with Gasteiger partial charge in [0.05, 0.1) is 28.5 Å². The first-order chi connectivity index (χ1) is 15.1. The summed E-state index contributed by atoms with van der Waals surface area (Å²) in [5.74, 6) is 0.851. The second kappa shape index (κ2) is 7.91. The van der Waals surface area contributed by atoms with Gasteiger partial charge in [0.1, 0.15) is 12.1 Å². The second-order valence-electron chi connectivity index (χ2n) is 6.84. The fraction of sp³-hybridized carbons (Fsp3) is 0.0455. The maximum Gasteiger partial charge on any atom is 0.257 e. The van der Waals surface area contributed by atoms with Crippen LogP contribution in [0, 0.1) is 10.5 Å². The van der Waals surface area contributed by atoms with E-state index in [9.17, 15) is 4.79 Å². The van der Waals surface area contributed by atoms with Crippen LogP contribution in [0.3, 0.4) is 0 Å². The summed E-state index contributed by atoms with van der Waals surface area (Å²) in [6.07, 6.45) is 3.18. The molecule has 0 unspecified atom stereocenters. The Morgan fingerprint density at radius 2 is 1.77 bits per heavy atom. The number of aryl methyl sites for hydroxylation is 1. The molecule has 0 aliphatic heterocycles. The van der Waals surface area contributed by atoms with Crippen LogP contribution in [0.1, 0.15) is 16.1 Å². The number of nitrogens with one attached hydrogen (secondary N) is 1. The highest BCUT2D eigenvalue weighted by Crippen LogP contribution is 2.24. The molecule has 5 rings (SSSR count). The highest BCUT2D eigenvalue weighted by atomic mass is 127. The van der Waals surface area contributed by atoms with Crippen molar-refractivity contribution < 1.29 is 4.79 Å². The van der Waals surface area contributed by atoms with Crippen molar-refractivity contribution in [1.82, 2.24) is 29.5 Å². The molecule has 2 aromatic carbocycles. The molecule has 0 spiro atoms. The smallest absolute Gasteiger partial charge is 0.257 e. The topological polar surface area (TPSA) is 90.5 Å². The molecule has 0 saturated heterocycles. The van der Waals surface area contributed by atoms with E-state index in [1.807, 2.05) is 61.5 Å². The van der Waals surface area contributed by atoms with Crippen LogP contribution >= 0.6 is 22.6 Å². The van der Waals surface area contributed by atoms with Crippen LogP contribution in [0.5, 0.6) is 0 Å². The first kappa shape index (κ1) is 19.4. The Hall–Kier alpha value is -3.60. The number of amides is 1. The zero-order chi connectivity index (χ0) is 21.4. The summed E-state index contributed by atoms with van der Waals surface area (Å²) >= 11 is 2.15. The lowest BCUT2D eigenvalue weighted by Crippen LogP contribution is -2.16. The summed E-state index contributed by atoms with van der Waals surface area (Å²) in [6.45, 7) is 1.87. The van der Waals surface area contributed by atoms with Gasteiger partial charge in [-0.2, -0.15) is 14.9 Å². The predicted molar refractivity (Wildman–Crippen MR) is 126 cm³/mol. The molecule has 1 N–H and O–H groups in total. The minimum Gasteiger partial charge on any atom is -0.306 e. The third kappa shape index (κ3) is 3.56. The van der Waals surface area contributed by atoms with Gasteiger partial charge in [0.25, 0.3) is 5.91 Å². The van der Waals surface area contributed by atoms with Crippen LogP contribution in [0.15, 0.2) is 73.2 Å². The lowest BCUT2D eigenvalue weighted by molar-refractivity contribution is 0.102. The molecule has 0 aliphatic rings. The van der Waals surface area contributed by atoms with Crippen LogP contribution in [0.4, 0.5) is 5.82 Å². The highest BCUT2D eigenvalue weighted by Gasteiger charge is 2.18. The van der Waals surface area contributed by atoms with Crippen LogP contribution in [0.25, 0.3) is 22.5 Å². The fourth-order valence-corrected chi connectivity index (χ4v) is 3.97. The zero-order valence-electron chi connectivity index (χ0n) is 16.4. The molecular formula is C22H16IN7O. The molecule has 0 aliphatic carbocycles. The zero-order valence-corrected chi connectivity index (χ0v) is 18.6. The summed E-state index contributed by atoms with van der Waals surface area (Å²) in [7, 11) is 0. The van der Waals surface area contributed by atoms with Gasteiger partial charge in [-0.05, 0) is 53.8 Å². The first-order valence-corrected chi connectivity index (χ1v) is 10.6. The van der Waals surface area contributed by atoms with Gasteiger partial charge in [-0.1, -0.05) is 30.3 Å². The lowest BCUT2D eigenvalue weighted by atomic mass is 10.2. The van der Waals surface area contributed by atoms with Crippen LogP contribution < -0.4 is 5.32 Å².